The summed E-state index contributed by atoms with van der Waals surface area (Å²) in [5, 5.41) is 12.8. The topological polar surface area (TPSA) is 114 Å². The highest BCUT2D eigenvalue weighted by molar-refractivity contribution is 6.29. The molecule has 7 nitrogen and oxygen atoms in total. The molecule has 1 amide bonds. The average Bonchev–Trinajstić information content (AvgIpc) is 2.79. The fourth-order valence-electron chi connectivity index (χ4n) is 3.85. The second-order valence-corrected chi connectivity index (χ2v) is 8.29. The third kappa shape index (κ3) is 5.09. The van der Waals surface area contributed by atoms with Gasteiger partial charge in [0.2, 0.25) is 0 Å². The number of nitrogens with one attached hydrogen (secondary N) is 1. The van der Waals surface area contributed by atoms with E-state index in [0.717, 1.165) is 12.1 Å². The summed E-state index contributed by atoms with van der Waals surface area (Å²) in [4.78, 5) is 25.4. The lowest BCUT2D eigenvalue weighted by Crippen LogP contribution is -2.39. The van der Waals surface area contributed by atoms with Gasteiger partial charge in [-0.15, -0.1) is 0 Å². The minimum absolute atomic E-state index is 0.0767. The zero-order valence-corrected chi connectivity index (χ0v) is 18.0. The Morgan fingerprint density at radius 1 is 1.22 bits per heavy atom. The summed E-state index contributed by atoms with van der Waals surface area (Å²) < 4.78 is 14.7. The van der Waals surface area contributed by atoms with Crippen LogP contribution in [-0.4, -0.2) is 38.1 Å². The molecule has 3 atom stereocenters. The molecule has 0 spiro atoms. The molecule has 1 saturated carbocycles. The molecule has 4 rings (SSSR count). The van der Waals surface area contributed by atoms with E-state index in [9.17, 15) is 14.3 Å². The Balaban J connectivity index is 1.48. The molecular formula is C23H23ClFN5O2. The number of aliphatic hydroxyl groups excluding tert-OH is 1. The van der Waals surface area contributed by atoms with Crippen molar-refractivity contribution >= 4 is 17.5 Å². The van der Waals surface area contributed by atoms with Crippen LogP contribution in [0.1, 0.15) is 46.9 Å². The molecule has 0 radical (unpaired) electrons. The number of aromatic nitrogens is 3. The third-order valence-electron chi connectivity index (χ3n) is 5.65. The van der Waals surface area contributed by atoms with Crippen LogP contribution in [0.25, 0.3) is 11.3 Å². The van der Waals surface area contributed by atoms with Gasteiger partial charge in [-0.25, -0.2) is 14.4 Å². The van der Waals surface area contributed by atoms with E-state index >= 15 is 0 Å². The summed E-state index contributed by atoms with van der Waals surface area (Å²) in [5.74, 6) is -1.12. The Morgan fingerprint density at radius 3 is 2.81 bits per heavy atom. The van der Waals surface area contributed by atoms with Gasteiger partial charge in [-0.05, 0) is 43.5 Å². The molecule has 1 aromatic carbocycles. The largest absolute Gasteiger partial charge is 0.392 e. The number of hydrogen-bond acceptors (Lipinski definition) is 6. The van der Waals surface area contributed by atoms with Gasteiger partial charge in [0.05, 0.1) is 41.5 Å². The van der Waals surface area contributed by atoms with Crippen LogP contribution >= 0.6 is 11.6 Å². The molecule has 166 valence electrons. The molecule has 0 bridgehead atoms. The van der Waals surface area contributed by atoms with Crippen molar-refractivity contribution in [2.24, 2.45) is 5.73 Å². The molecule has 3 aromatic rings. The number of amides is 1. The highest BCUT2D eigenvalue weighted by Gasteiger charge is 2.28. The van der Waals surface area contributed by atoms with Gasteiger partial charge >= 0.3 is 0 Å². The first kappa shape index (κ1) is 22.3. The molecule has 0 aliphatic heterocycles. The van der Waals surface area contributed by atoms with E-state index in [1.807, 2.05) is 0 Å². The zero-order chi connectivity index (χ0) is 22.7. The van der Waals surface area contributed by atoms with E-state index in [2.05, 4.69) is 20.3 Å². The number of aliphatic hydroxyl groups is 1. The van der Waals surface area contributed by atoms with Gasteiger partial charge in [-0.1, -0.05) is 23.7 Å². The summed E-state index contributed by atoms with van der Waals surface area (Å²) in [5.41, 5.74) is 8.28. The lowest BCUT2D eigenvalue weighted by atomic mass is 9.82. The molecule has 4 N–H and O–H groups in total. The number of carbonyl (C=O) groups is 1. The number of pyridine rings is 1. The van der Waals surface area contributed by atoms with Crippen molar-refractivity contribution in [1.82, 2.24) is 20.3 Å². The maximum Gasteiger partial charge on any atom is 0.254 e. The Hall–Kier alpha value is -2.94. The zero-order valence-electron chi connectivity index (χ0n) is 17.2. The fraction of sp³-hybridized carbons (Fsp3) is 0.304. The third-order valence-corrected chi connectivity index (χ3v) is 5.86. The molecule has 0 unspecified atom stereocenters. The summed E-state index contributed by atoms with van der Waals surface area (Å²) in [7, 11) is 0. The molecule has 0 saturated heterocycles. The van der Waals surface area contributed by atoms with Crippen molar-refractivity contribution in [3.05, 3.63) is 76.7 Å². The average molecular weight is 456 g/mol. The first-order chi connectivity index (χ1) is 15.4. The van der Waals surface area contributed by atoms with E-state index in [4.69, 9.17) is 17.3 Å². The SMILES string of the molecule is N[C@@H]1C[C@H](c2cncc(-c3ccc(C(=O)NCc4cccc(Cl)n4)c(F)c3)n2)CC[C@H]1O. The van der Waals surface area contributed by atoms with E-state index in [1.54, 1.807) is 36.7 Å². The number of benzene rings is 1. The van der Waals surface area contributed by atoms with Crippen LogP contribution in [0.2, 0.25) is 5.15 Å². The summed E-state index contributed by atoms with van der Waals surface area (Å²) >= 11 is 5.84. The van der Waals surface area contributed by atoms with Crippen molar-refractivity contribution in [2.75, 3.05) is 0 Å². The van der Waals surface area contributed by atoms with Crippen molar-refractivity contribution in [3.8, 4) is 11.3 Å². The Kier molecular flexibility index (Phi) is 6.74. The molecule has 9 heteroatoms. The van der Waals surface area contributed by atoms with Crippen LogP contribution < -0.4 is 11.1 Å². The number of hydrogen-bond donors (Lipinski definition) is 3. The maximum absolute atomic E-state index is 14.7. The van der Waals surface area contributed by atoms with E-state index in [-0.39, 0.29) is 24.1 Å². The predicted molar refractivity (Wildman–Crippen MR) is 118 cm³/mol. The van der Waals surface area contributed by atoms with Crippen molar-refractivity contribution < 1.29 is 14.3 Å². The minimum Gasteiger partial charge on any atom is -0.392 e. The van der Waals surface area contributed by atoms with Crippen molar-refractivity contribution in [2.45, 2.75) is 43.9 Å². The normalized spacial score (nSPS) is 20.7. The monoisotopic (exact) mass is 455 g/mol. The molecular weight excluding hydrogens is 433 g/mol. The molecule has 1 fully saturated rings. The van der Waals surface area contributed by atoms with Crippen LogP contribution in [0.4, 0.5) is 4.39 Å². The highest BCUT2D eigenvalue weighted by atomic mass is 35.5. The van der Waals surface area contributed by atoms with Gasteiger partial charge in [-0.3, -0.25) is 9.78 Å². The second kappa shape index (κ2) is 9.68. The van der Waals surface area contributed by atoms with E-state index in [0.29, 0.717) is 34.9 Å². The number of nitrogens with two attached hydrogens (primary N) is 1. The van der Waals surface area contributed by atoms with Gasteiger partial charge in [0.1, 0.15) is 11.0 Å². The lowest BCUT2D eigenvalue weighted by Gasteiger charge is -2.30. The van der Waals surface area contributed by atoms with Gasteiger partial charge in [-0.2, -0.15) is 0 Å². The van der Waals surface area contributed by atoms with Gasteiger partial charge in [0, 0.05) is 23.7 Å². The van der Waals surface area contributed by atoms with Gasteiger partial charge in [0.15, 0.2) is 0 Å². The number of rotatable bonds is 5. The van der Waals surface area contributed by atoms with E-state index in [1.165, 1.54) is 12.1 Å². The quantitative estimate of drug-likeness (QED) is 0.509. The first-order valence-corrected chi connectivity index (χ1v) is 10.7. The smallest absolute Gasteiger partial charge is 0.254 e. The van der Waals surface area contributed by atoms with Gasteiger partial charge < -0.3 is 16.2 Å². The standard InChI is InChI=1S/C23H23ClFN5O2/c24-22-3-1-2-15(29-22)10-28-23(32)16-6-4-13(8-17(16)25)19-11-27-12-20(30-19)14-5-7-21(31)18(26)9-14/h1-4,6,8,11-12,14,18,21,31H,5,7,9-10,26H2,(H,28,32)/t14-,18-,21-/m1/s1. The summed E-state index contributed by atoms with van der Waals surface area (Å²) in [6, 6.07) is 9.12. The minimum atomic E-state index is -0.658. The lowest BCUT2D eigenvalue weighted by molar-refractivity contribution is 0.0946. The highest BCUT2D eigenvalue weighted by Crippen LogP contribution is 2.32. The Morgan fingerprint density at radius 2 is 2.06 bits per heavy atom. The summed E-state index contributed by atoms with van der Waals surface area (Å²) in [6.07, 6.45) is 4.74. The molecule has 2 aromatic heterocycles. The maximum atomic E-state index is 14.7. The van der Waals surface area contributed by atoms with Crippen molar-refractivity contribution in [1.29, 1.82) is 0 Å². The van der Waals surface area contributed by atoms with E-state index < -0.39 is 17.8 Å². The van der Waals surface area contributed by atoms with Crippen molar-refractivity contribution in [3.63, 3.8) is 0 Å². The Labute approximate surface area is 189 Å². The molecule has 2 heterocycles. The summed E-state index contributed by atoms with van der Waals surface area (Å²) in [6.45, 7) is 0.131. The van der Waals surface area contributed by atoms with Crippen LogP contribution in [0.3, 0.4) is 0 Å². The fourth-order valence-corrected chi connectivity index (χ4v) is 4.03. The van der Waals surface area contributed by atoms with Crippen LogP contribution in [0.5, 0.6) is 0 Å². The number of nitrogens with zero attached hydrogens (tertiary/aromatic N) is 3. The number of halogens is 2. The second-order valence-electron chi connectivity index (χ2n) is 7.90. The first-order valence-electron chi connectivity index (χ1n) is 10.4. The molecule has 32 heavy (non-hydrogen) atoms. The van der Waals surface area contributed by atoms with Gasteiger partial charge in [0.25, 0.3) is 5.91 Å². The molecule has 1 aliphatic rings. The van der Waals surface area contributed by atoms with Crippen LogP contribution in [0, 0.1) is 5.82 Å². The Bertz CT molecular complexity index is 1130. The predicted octanol–water partition coefficient (Wildman–Crippen LogP) is 3.22. The number of carbonyl (C=O) groups excluding carboxylic acids is 1. The molecule has 1 aliphatic carbocycles. The van der Waals surface area contributed by atoms with Crippen LogP contribution in [0.15, 0.2) is 48.8 Å². The van der Waals surface area contributed by atoms with Crippen LogP contribution in [-0.2, 0) is 6.54 Å².